The maximum Gasteiger partial charge on any atom is 0.272 e. The van der Waals surface area contributed by atoms with Gasteiger partial charge in [0.1, 0.15) is 11.3 Å². The first kappa shape index (κ1) is 13.4. The van der Waals surface area contributed by atoms with Crippen LogP contribution in [0.4, 0.5) is 0 Å². The van der Waals surface area contributed by atoms with Crippen LogP contribution in [-0.2, 0) is 0 Å². The van der Waals surface area contributed by atoms with Gasteiger partial charge in [-0.05, 0) is 37.8 Å². The summed E-state index contributed by atoms with van der Waals surface area (Å²) < 4.78 is 1.80. The molecule has 0 bridgehead atoms. The van der Waals surface area contributed by atoms with Crippen molar-refractivity contribution in [3.8, 4) is 0 Å². The molecule has 3 rings (SSSR count). The lowest BCUT2D eigenvalue weighted by Crippen LogP contribution is -2.39. The highest BCUT2D eigenvalue weighted by Crippen LogP contribution is 2.21. The number of rotatable bonds is 1. The van der Waals surface area contributed by atoms with Gasteiger partial charge in [0.05, 0.1) is 10.7 Å². The summed E-state index contributed by atoms with van der Waals surface area (Å²) in [7, 11) is 0. The molecule has 2 aromatic heterocycles. The summed E-state index contributed by atoms with van der Waals surface area (Å²) in [5.41, 5.74) is 2.16. The number of carbonyl (C=O) groups excluding carboxylic acids is 1. The second kappa shape index (κ2) is 5.09. The van der Waals surface area contributed by atoms with Crippen LogP contribution in [0.5, 0.6) is 0 Å². The molecule has 20 heavy (non-hydrogen) atoms. The van der Waals surface area contributed by atoms with Crippen molar-refractivity contribution < 1.29 is 4.79 Å². The number of aryl methyl sites for hydroxylation is 1. The predicted molar refractivity (Wildman–Crippen MR) is 79.2 cm³/mol. The van der Waals surface area contributed by atoms with Gasteiger partial charge in [0.15, 0.2) is 0 Å². The Bertz CT molecular complexity index is 664. The summed E-state index contributed by atoms with van der Waals surface area (Å²) in [6.07, 6.45) is 4.03. The van der Waals surface area contributed by atoms with Crippen molar-refractivity contribution in [1.29, 1.82) is 0 Å². The van der Waals surface area contributed by atoms with Crippen LogP contribution in [0.15, 0.2) is 18.3 Å². The highest BCUT2D eigenvalue weighted by atomic mass is 35.5. The maximum atomic E-state index is 12.8. The van der Waals surface area contributed by atoms with E-state index in [0.29, 0.717) is 16.6 Å². The van der Waals surface area contributed by atoms with Gasteiger partial charge in [0.2, 0.25) is 0 Å². The molecule has 106 valence electrons. The van der Waals surface area contributed by atoms with E-state index in [9.17, 15) is 4.79 Å². The Hall–Kier alpha value is -1.55. The molecule has 5 heteroatoms. The second-order valence-electron chi connectivity index (χ2n) is 5.62. The molecule has 0 radical (unpaired) electrons. The molecule has 1 saturated heterocycles. The van der Waals surface area contributed by atoms with E-state index in [1.165, 1.54) is 6.42 Å². The molecule has 0 spiro atoms. The average Bonchev–Trinajstić information content (AvgIpc) is 2.73. The van der Waals surface area contributed by atoms with Gasteiger partial charge in [0.25, 0.3) is 5.91 Å². The zero-order chi connectivity index (χ0) is 14.3. The molecular formula is C15H18ClN3O. The number of halogens is 1. The lowest BCUT2D eigenvalue weighted by molar-refractivity contribution is 0.0675. The summed E-state index contributed by atoms with van der Waals surface area (Å²) in [5.74, 6) is 0.625. The Balaban J connectivity index is 2.02. The van der Waals surface area contributed by atoms with Gasteiger partial charge >= 0.3 is 0 Å². The van der Waals surface area contributed by atoms with Gasteiger partial charge in [-0.25, -0.2) is 4.98 Å². The van der Waals surface area contributed by atoms with Gasteiger partial charge in [-0.15, -0.1) is 0 Å². The quantitative estimate of drug-likeness (QED) is 0.809. The summed E-state index contributed by atoms with van der Waals surface area (Å²) in [4.78, 5) is 19.2. The molecule has 1 fully saturated rings. The molecular weight excluding hydrogens is 274 g/mol. The normalized spacial score (nSPS) is 19.6. The first-order valence-corrected chi connectivity index (χ1v) is 7.37. The second-order valence-corrected chi connectivity index (χ2v) is 6.06. The van der Waals surface area contributed by atoms with Crippen molar-refractivity contribution in [2.24, 2.45) is 5.92 Å². The van der Waals surface area contributed by atoms with Crippen LogP contribution in [0.2, 0.25) is 5.02 Å². The van der Waals surface area contributed by atoms with Crippen LogP contribution in [0.25, 0.3) is 5.65 Å². The molecule has 4 nitrogen and oxygen atoms in total. The van der Waals surface area contributed by atoms with Gasteiger partial charge < -0.3 is 4.90 Å². The number of fused-ring (bicyclic) bond motifs is 1. The molecule has 2 aromatic rings. The zero-order valence-electron chi connectivity index (χ0n) is 11.8. The lowest BCUT2D eigenvalue weighted by atomic mass is 10.00. The summed E-state index contributed by atoms with van der Waals surface area (Å²) in [6.45, 7) is 5.72. The smallest absolute Gasteiger partial charge is 0.272 e. The first-order valence-electron chi connectivity index (χ1n) is 7.00. The Morgan fingerprint density at radius 2 is 2.25 bits per heavy atom. The van der Waals surface area contributed by atoms with E-state index in [1.54, 1.807) is 16.7 Å². The minimum absolute atomic E-state index is 0.0591. The minimum Gasteiger partial charge on any atom is -0.337 e. The predicted octanol–water partition coefficient (Wildman–Crippen LogP) is 3.17. The Morgan fingerprint density at radius 1 is 1.45 bits per heavy atom. The SMILES string of the molecule is Cc1nc2ccc(Cl)cn2c1C(=O)N1CCCC(C)C1. The number of piperidine rings is 1. The third kappa shape index (κ3) is 2.29. The van der Waals surface area contributed by atoms with E-state index in [-0.39, 0.29) is 5.91 Å². The maximum absolute atomic E-state index is 12.8. The van der Waals surface area contributed by atoms with Crippen LogP contribution in [0, 0.1) is 12.8 Å². The van der Waals surface area contributed by atoms with Crippen molar-refractivity contribution in [3.63, 3.8) is 0 Å². The highest BCUT2D eigenvalue weighted by Gasteiger charge is 2.26. The Morgan fingerprint density at radius 3 is 3.00 bits per heavy atom. The zero-order valence-corrected chi connectivity index (χ0v) is 12.5. The van der Waals surface area contributed by atoms with Crippen molar-refractivity contribution >= 4 is 23.2 Å². The summed E-state index contributed by atoms with van der Waals surface area (Å²) in [5, 5.41) is 0.607. The fourth-order valence-corrected chi connectivity index (χ4v) is 3.08. The van der Waals surface area contributed by atoms with Crippen molar-refractivity contribution in [2.75, 3.05) is 13.1 Å². The molecule has 0 aromatic carbocycles. The van der Waals surface area contributed by atoms with Crippen LogP contribution in [0.1, 0.15) is 35.9 Å². The van der Waals surface area contributed by atoms with Crippen molar-refractivity contribution in [3.05, 3.63) is 34.7 Å². The lowest BCUT2D eigenvalue weighted by Gasteiger charge is -2.30. The first-order chi connectivity index (χ1) is 9.56. The third-order valence-electron chi connectivity index (χ3n) is 3.90. The van der Waals surface area contributed by atoms with Crippen molar-refractivity contribution in [2.45, 2.75) is 26.7 Å². The van der Waals surface area contributed by atoms with E-state index in [2.05, 4.69) is 11.9 Å². The largest absolute Gasteiger partial charge is 0.337 e. The monoisotopic (exact) mass is 291 g/mol. The number of hydrogen-bond acceptors (Lipinski definition) is 2. The minimum atomic E-state index is 0.0591. The molecule has 1 aliphatic rings. The molecule has 0 saturated carbocycles. The van der Waals surface area contributed by atoms with Gasteiger partial charge in [-0.2, -0.15) is 0 Å². The number of nitrogens with zero attached hydrogens (tertiary/aromatic N) is 3. The summed E-state index contributed by atoms with van der Waals surface area (Å²) in [6, 6.07) is 3.63. The fraction of sp³-hybridized carbons (Fsp3) is 0.467. The van der Waals surface area contributed by atoms with Crippen LogP contribution >= 0.6 is 11.6 Å². The summed E-state index contributed by atoms with van der Waals surface area (Å²) >= 11 is 6.04. The number of imidazole rings is 1. The number of aromatic nitrogens is 2. The molecule has 3 heterocycles. The highest BCUT2D eigenvalue weighted by molar-refractivity contribution is 6.30. The van der Waals surface area contributed by atoms with Gasteiger partial charge in [-0.1, -0.05) is 18.5 Å². The topological polar surface area (TPSA) is 37.6 Å². The number of likely N-dealkylation sites (tertiary alicyclic amines) is 1. The fourth-order valence-electron chi connectivity index (χ4n) is 2.92. The third-order valence-corrected chi connectivity index (χ3v) is 4.13. The van der Waals surface area contributed by atoms with E-state index < -0.39 is 0 Å². The molecule has 0 aliphatic carbocycles. The van der Waals surface area contributed by atoms with E-state index in [1.807, 2.05) is 17.9 Å². The van der Waals surface area contributed by atoms with E-state index in [0.717, 1.165) is 30.9 Å². The number of carbonyl (C=O) groups is 1. The molecule has 0 N–H and O–H groups in total. The Kier molecular flexibility index (Phi) is 3.42. The number of amides is 1. The Labute approximate surface area is 123 Å². The van der Waals surface area contributed by atoms with Crippen LogP contribution in [-0.4, -0.2) is 33.3 Å². The van der Waals surface area contributed by atoms with Gasteiger partial charge in [0, 0.05) is 19.3 Å². The van der Waals surface area contributed by atoms with Crippen molar-refractivity contribution in [1.82, 2.24) is 14.3 Å². The molecule has 1 atom stereocenters. The average molecular weight is 292 g/mol. The van der Waals surface area contributed by atoms with Crippen LogP contribution < -0.4 is 0 Å². The van der Waals surface area contributed by atoms with Crippen LogP contribution in [0.3, 0.4) is 0 Å². The van der Waals surface area contributed by atoms with Gasteiger partial charge in [-0.3, -0.25) is 9.20 Å². The number of hydrogen-bond donors (Lipinski definition) is 0. The molecule has 1 aliphatic heterocycles. The molecule has 1 amide bonds. The standard InChI is InChI=1S/C15H18ClN3O/c1-10-4-3-7-18(8-10)15(20)14-11(2)17-13-6-5-12(16)9-19(13)14/h5-6,9-10H,3-4,7-8H2,1-2H3. The van der Waals surface area contributed by atoms with E-state index in [4.69, 9.17) is 11.6 Å². The number of pyridine rings is 1. The molecule has 1 unspecified atom stereocenters. The van der Waals surface area contributed by atoms with E-state index >= 15 is 0 Å².